The molecule has 1 fully saturated rings. The van der Waals surface area contributed by atoms with Crippen molar-refractivity contribution in [3.05, 3.63) is 59.1 Å². The maximum absolute atomic E-state index is 12.8. The number of carbonyl (C=O) groups excluding carboxylic acids is 1. The van der Waals surface area contributed by atoms with Crippen LogP contribution >= 0.6 is 11.3 Å². The van der Waals surface area contributed by atoms with Gasteiger partial charge in [0.25, 0.3) is 0 Å². The highest BCUT2D eigenvalue weighted by Gasteiger charge is 2.31. The lowest BCUT2D eigenvalue weighted by atomic mass is 10.2. The second-order valence-corrected chi connectivity index (χ2v) is 8.42. The third-order valence-corrected chi connectivity index (χ3v) is 6.10. The number of aromatic nitrogens is 1. The average molecular weight is 396 g/mol. The second-order valence-electron chi connectivity index (χ2n) is 7.31. The Morgan fingerprint density at radius 3 is 2.57 bits per heavy atom. The molecule has 0 unspecified atom stereocenters. The van der Waals surface area contributed by atoms with Crippen molar-refractivity contribution >= 4 is 27.5 Å². The van der Waals surface area contributed by atoms with Gasteiger partial charge in [0.2, 0.25) is 5.91 Å². The SMILES string of the molecule is COc1ccc(CN(CC(=O)N(C)Cc2nc3ccccc3s2)C2CC2)cc1. The predicted octanol–water partition coefficient (Wildman–Crippen LogP) is 3.93. The van der Waals surface area contributed by atoms with Crippen LogP contribution in [0.3, 0.4) is 0 Å². The Balaban J connectivity index is 1.38. The Morgan fingerprint density at radius 1 is 1.14 bits per heavy atom. The molecule has 0 atom stereocenters. The molecule has 2 aromatic carbocycles. The fourth-order valence-electron chi connectivity index (χ4n) is 3.29. The summed E-state index contributed by atoms with van der Waals surface area (Å²) < 4.78 is 6.39. The van der Waals surface area contributed by atoms with Crippen LogP contribution in [-0.4, -0.2) is 47.4 Å². The lowest BCUT2D eigenvalue weighted by Crippen LogP contribution is -2.38. The molecule has 6 heteroatoms. The molecule has 4 rings (SSSR count). The van der Waals surface area contributed by atoms with Crippen LogP contribution in [0.2, 0.25) is 0 Å². The van der Waals surface area contributed by atoms with Gasteiger partial charge >= 0.3 is 0 Å². The molecular weight excluding hydrogens is 370 g/mol. The van der Waals surface area contributed by atoms with Gasteiger partial charge in [-0.05, 0) is 42.7 Å². The monoisotopic (exact) mass is 395 g/mol. The van der Waals surface area contributed by atoms with Gasteiger partial charge in [-0.1, -0.05) is 24.3 Å². The van der Waals surface area contributed by atoms with E-state index in [1.54, 1.807) is 23.3 Å². The van der Waals surface area contributed by atoms with Crippen LogP contribution in [0.1, 0.15) is 23.4 Å². The van der Waals surface area contributed by atoms with E-state index in [9.17, 15) is 4.79 Å². The molecule has 1 amide bonds. The van der Waals surface area contributed by atoms with Gasteiger partial charge in [0, 0.05) is 19.6 Å². The molecule has 1 heterocycles. The molecule has 0 N–H and O–H groups in total. The second kappa shape index (κ2) is 8.29. The standard InChI is InChI=1S/C22H25N3O2S/c1-24(14-21-23-19-5-3-4-6-20(19)28-21)22(26)15-25(17-9-10-17)13-16-7-11-18(27-2)12-8-16/h3-8,11-12,17H,9-10,13-15H2,1-2H3. The zero-order chi connectivity index (χ0) is 19.5. The molecule has 0 spiro atoms. The highest BCUT2D eigenvalue weighted by Crippen LogP contribution is 2.29. The molecule has 1 saturated carbocycles. The number of methoxy groups -OCH3 is 1. The smallest absolute Gasteiger partial charge is 0.236 e. The van der Waals surface area contributed by atoms with Gasteiger partial charge in [0.15, 0.2) is 0 Å². The first-order valence-corrected chi connectivity index (χ1v) is 10.4. The largest absolute Gasteiger partial charge is 0.497 e. The van der Waals surface area contributed by atoms with Crippen LogP contribution in [-0.2, 0) is 17.9 Å². The van der Waals surface area contributed by atoms with Crippen molar-refractivity contribution < 1.29 is 9.53 Å². The van der Waals surface area contributed by atoms with Crippen LogP contribution < -0.4 is 4.74 Å². The number of carbonyl (C=O) groups is 1. The summed E-state index contributed by atoms with van der Waals surface area (Å²) in [5.41, 5.74) is 2.21. The first-order chi connectivity index (χ1) is 13.6. The van der Waals surface area contributed by atoms with Crippen LogP contribution in [0.4, 0.5) is 0 Å². The third-order valence-electron chi connectivity index (χ3n) is 5.08. The fraction of sp³-hybridized carbons (Fsp3) is 0.364. The Hall–Kier alpha value is -2.44. The number of amides is 1. The highest BCUT2D eigenvalue weighted by atomic mass is 32.1. The van der Waals surface area contributed by atoms with Crippen molar-refractivity contribution in [2.75, 3.05) is 20.7 Å². The molecule has 1 aliphatic rings. The van der Waals surface area contributed by atoms with Crippen molar-refractivity contribution in [3.63, 3.8) is 0 Å². The van der Waals surface area contributed by atoms with Gasteiger partial charge in [-0.25, -0.2) is 4.98 Å². The van der Waals surface area contributed by atoms with Gasteiger partial charge in [-0.3, -0.25) is 9.69 Å². The van der Waals surface area contributed by atoms with Crippen molar-refractivity contribution in [3.8, 4) is 5.75 Å². The minimum atomic E-state index is 0.139. The van der Waals surface area contributed by atoms with E-state index < -0.39 is 0 Å². The molecule has 146 valence electrons. The van der Waals surface area contributed by atoms with Crippen molar-refractivity contribution in [1.29, 1.82) is 0 Å². The lowest BCUT2D eigenvalue weighted by Gasteiger charge is -2.24. The minimum Gasteiger partial charge on any atom is -0.497 e. The summed E-state index contributed by atoms with van der Waals surface area (Å²) in [6, 6.07) is 16.7. The molecule has 5 nitrogen and oxygen atoms in total. The van der Waals surface area contributed by atoms with Crippen molar-refractivity contribution in [2.45, 2.75) is 32.0 Å². The summed E-state index contributed by atoms with van der Waals surface area (Å²) in [7, 11) is 3.54. The van der Waals surface area contributed by atoms with Crippen molar-refractivity contribution in [2.24, 2.45) is 0 Å². The summed E-state index contributed by atoms with van der Waals surface area (Å²) in [5.74, 6) is 0.994. The van der Waals surface area contributed by atoms with Gasteiger partial charge < -0.3 is 9.64 Å². The quantitative estimate of drug-likeness (QED) is 0.580. The predicted molar refractivity (Wildman–Crippen MR) is 113 cm³/mol. The van der Waals surface area contributed by atoms with Crippen LogP contribution in [0.25, 0.3) is 10.2 Å². The number of thiazole rings is 1. The maximum atomic E-state index is 12.8. The van der Waals surface area contributed by atoms with E-state index in [4.69, 9.17) is 4.74 Å². The van der Waals surface area contributed by atoms with Gasteiger partial charge in [-0.2, -0.15) is 0 Å². The Kier molecular flexibility index (Phi) is 5.59. The molecule has 1 aromatic heterocycles. The topological polar surface area (TPSA) is 45.7 Å². The zero-order valence-electron chi connectivity index (χ0n) is 16.3. The van der Waals surface area contributed by atoms with Gasteiger partial charge in [0.05, 0.1) is 30.4 Å². The summed E-state index contributed by atoms with van der Waals surface area (Å²) >= 11 is 1.66. The van der Waals surface area contributed by atoms with Crippen LogP contribution in [0, 0.1) is 0 Å². The van der Waals surface area contributed by atoms with E-state index in [2.05, 4.69) is 28.1 Å². The summed E-state index contributed by atoms with van der Waals surface area (Å²) in [6.07, 6.45) is 2.34. The molecule has 0 bridgehead atoms. The molecule has 3 aromatic rings. The summed E-state index contributed by atoms with van der Waals surface area (Å²) in [6.45, 7) is 1.78. The highest BCUT2D eigenvalue weighted by molar-refractivity contribution is 7.18. The van der Waals surface area contributed by atoms with Crippen LogP contribution in [0.5, 0.6) is 5.75 Å². The number of benzene rings is 2. The summed E-state index contributed by atoms with van der Waals surface area (Å²) in [5, 5.41) is 0.977. The molecule has 0 aliphatic heterocycles. The first-order valence-electron chi connectivity index (χ1n) is 9.58. The fourth-order valence-corrected chi connectivity index (χ4v) is 4.31. The zero-order valence-corrected chi connectivity index (χ0v) is 17.1. The van der Waals surface area contributed by atoms with Gasteiger partial charge in [0.1, 0.15) is 10.8 Å². The molecule has 0 radical (unpaired) electrons. The van der Waals surface area contributed by atoms with E-state index in [0.29, 0.717) is 19.1 Å². The number of nitrogens with zero attached hydrogens (tertiary/aromatic N) is 3. The van der Waals surface area contributed by atoms with E-state index in [0.717, 1.165) is 27.5 Å². The number of likely N-dealkylation sites (N-methyl/N-ethyl adjacent to an activating group) is 1. The van der Waals surface area contributed by atoms with E-state index in [-0.39, 0.29) is 5.91 Å². The molecule has 1 aliphatic carbocycles. The molecule has 28 heavy (non-hydrogen) atoms. The van der Waals surface area contributed by atoms with Crippen molar-refractivity contribution in [1.82, 2.24) is 14.8 Å². The number of ether oxygens (including phenoxy) is 1. The number of hydrogen-bond acceptors (Lipinski definition) is 5. The average Bonchev–Trinajstić information content (AvgIpc) is 3.47. The molecule has 0 saturated heterocycles. The van der Waals surface area contributed by atoms with E-state index in [1.165, 1.54) is 18.4 Å². The van der Waals surface area contributed by atoms with E-state index in [1.807, 2.05) is 37.4 Å². The summed E-state index contributed by atoms with van der Waals surface area (Å²) in [4.78, 5) is 21.6. The Labute approximate surface area is 169 Å². The maximum Gasteiger partial charge on any atom is 0.236 e. The van der Waals surface area contributed by atoms with Gasteiger partial charge in [-0.15, -0.1) is 11.3 Å². The van der Waals surface area contributed by atoms with E-state index >= 15 is 0 Å². The normalized spacial score (nSPS) is 13.8. The number of rotatable bonds is 8. The number of fused-ring (bicyclic) bond motifs is 1. The number of para-hydroxylation sites is 1. The Bertz CT molecular complexity index is 917. The third kappa shape index (κ3) is 4.51. The number of hydrogen-bond donors (Lipinski definition) is 0. The molecular formula is C22H25N3O2S. The lowest BCUT2D eigenvalue weighted by molar-refractivity contribution is -0.132. The minimum absolute atomic E-state index is 0.139. The van der Waals surface area contributed by atoms with Crippen LogP contribution in [0.15, 0.2) is 48.5 Å². The first kappa shape index (κ1) is 18.9. The Morgan fingerprint density at radius 2 is 1.89 bits per heavy atom.